The standard InChI is InChI=1S/C17H34F3N5.HI/c1-5-21-16(22-9-6-7-10-24(4)14(2)3)23-15-8-11-25(12-15)13-17(18,19)20;/h14-15H,5-13H2,1-4H3,(H2,21,22,23);1H. The maximum Gasteiger partial charge on any atom is 0.401 e. The van der Waals surface area contributed by atoms with E-state index in [2.05, 4.69) is 41.4 Å². The normalized spacial score (nSPS) is 19.1. The van der Waals surface area contributed by atoms with Gasteiger partial charge in [0.2, 0.25) is 0 Å². The molecule has 2 N–H and O–H groups in total. The van der Waals surface area contributed by atoms with Crippen molar-refractivity contribution in [1.29, 1.82) is 0 Å². The van der Waals surface area contributed by atoms with Crippen molar-refractivity contribution in [2.75, 3.05) is 46.3 Å². The Kier molecular flexibility index (Phi) is 12.8. The van der Waals surface area contributed by atoms with Crippen LogP contribution < -0.4 is 10.6 Å². The van der Waals surface area contributed by atoms with Crippen molar-refractivity contribution in [3.8, 4) is 0 Å². The van der Waals surface area contributed by atoms with E-state index in [9.17, 15) is 13.2 Å². The van der Waals surface area contributed by atoms with Gasteiger partial charge in [0.1, 0.15) is 0 Å². The highest BCUT2D eigenvalue weighted by Crippen LogP contribution is 2.19. The Morgan fingerprint density at radius 1 is 1.31 bits per heavy atom. The molecule has 0 saturated carbocycles. The van der Waals surface area contributed by atoms with Crippen LogP contribution >= 0.6 is 24.0 Å². The SMILES string of the molecule is CCNC(=NCCCCN(C)C(C)C)NC1CCN(CC(F)(F)F)C1.I. The summed E-state index contributed by atoms with van der Waals surface area (Å²) in [5, 5.41) is 6.45. The number of likely N-dealkylation sites (tertiary alicyclic amines) is 1. The van der Waals surface area contributed by atoms with E-state index in [1.807, 2.05) is 6.92 Å². The van der Waals surface area contributed by atoms with Gasteiger partial charge in [-0.3, -0.25) is 9.89 Å². The van der Waals surface area contributed by atoms with Crippen molar-refractivity contribution in [3.63, 3.8) is 0 Å². The van der Waals surface area contributed by atoms with Crippen LogP contribution in [-0.4, -0.2) is 80.3 Å². The van der Waals surface area contributed by atoms with E-state index in [0.717, 1.165) is 32.5 Å². The molecule has 1 saturated heterocycles. The Balaban J connectivity index is 0.00000625. The number of unbranched alkanes of at least 4 members (excludes halogenated alkanes) is 1. The third-order valence-corrected chi connectivity index (χ3v) is 4.43. The maximum absolute atomic E-state index is 12.5. The Morgan fingerprint density at radius 2 is 2.00 bits per heavy atom. The van der Waals surface area contributed by atoms with Gasteiger partial charge in [0.05, 0.1) is 6.54 Å². The average molecular weight is 493 g/mol. The molecule has 9 heteroatoms. The van der Waals surface area contributed by atoms with E-state index in [1.54, 1.807) is 0 Å². The minimum Gasteiger partial charge on any atom is -0.357 e. The molecule has 26 heavy (non-hydrogen) atoms. The first-order valence-corrected chi connectivity index (χ1v) is 9.25. The predicted molar refractivity (Wildman–Crippen MR) is 112 cm³/mol. The van der Waals surface area contributed by atoms with Gasteiger partial charge in [0.25, 0.3) is 0 Å². The molecule has 0 spiro atoms. The number of halogens is 4. The van der Waals surface area contributed by atoms with Crippen LogP contribution in [0.25, 0.3) is 0 Å². The van der Waals surface area contributed by atoms with Crippen molar-refractivity contribution in [2.45, 2.75) is 58.3 Å². The van der Waals surface area contributed by atoms with E-state index < -0.39 is 12.7 Å². The number of aliphatic imine (C=N–C) groups is 1. The molecular formula is C17H35F3IN5. The topological polar surface area (TPSA) is 42.9 Å². The highest BCUT2D eigenvalue weighted by atomic mass is 127. The van der Waals surface area contributed by atoms with Crippen LogP contribution in [-0.2, 0) is 0 Å². The second kappa shape index (κ2) is 13.0. The fraction of sp³-hybridized carbons (Fsp3) is 0.941. The molecule has 156 valence electrons. The van der Waals surface area contributed by atoms with Crippen molar-refractivity contribution >= 4 is 29.9 Å². The van der Waals surface area contributed by atoms with Crippen LogP contribution in [0.2, 0.25) is 0 Å². The van der Waals surface area contributed by atoms with Crippen molar-refractivity contribution in [3.05, 3.63) is 0 Å². The largest absolute Gasteiger partial charge is 0.401 e. The molecule has 1 heterocycles. The summed E-state index contributed by atoms with van der Waals surface area (Å²) in [6.45, 7) is 8.89. The summed E-state index contributed by atoms with van der Waals surface area (Å²) in [6, 6.07) is 0.566. The predicted octanol–water partition coefficient (Wildman–Crippen LogP) is 2.92. The summed E-state index contributed by atoms with van der Waals surface area (Å²) in [4.78, 5) is 8.31. The summed E-state index contributed by atoms with van der Waals surface area (Å²) in [6.07, 6.45) is -1.34. The minimum absolute atomic E-state index is 0. The number of guanidine groups is 1. The molecule has 0 bridgehead atoms. The molecule has 0 amide bonds. The lowest BCUT2D eigenvalue weighted by molar-refractivity contribution is -0.143. The van der Waals surface area contributed by atoms with Gasteiger partial charge in [-0.25, -0.2) is 0 Å². The fourth-order valence-electron chi connectivity index (χ4n) is 2.78. The van der Waals surface area contributed by atoms with Crippen LogP contribution in [0.1, 0.15) is 40.0 Å². The highest BCUT2D eigenvalue weighted by Gasteiger charge is 2.34. The molecule has 0 aromatic carbocycles. The number of rotatable bonds is 9. The van der Waals surface area contributed by atoms with Crippen molar-refractivity contribution < 1.29 is 13.2 Å². The van der Waals surface area contributed by atoms with Crippen LogP contribution in [0.3, 0.4) is 0 Å². The third-order valence-electron chi connectivity index (χ3n) is 4.43. The molecule has 0 radical (unpaired) electrons. The molecule has 5 nitrogen and oxygen atoms in total. The number of hydrogen-bond donors (Lipinski definition) is 2. The third kappa shape index (κ3) is 11.4. The van der Waals surface area contributed by atoms with Gasteiger partial charge in [-0.2, -0.15) is 13.2 Å². The van der Waals surface area contributed by atoms with Gasteiger partial charge in [0.15, 0.2) is 5.96 Å². The molecule has 1 rings (SSSR count). The van der Waals surface area contributed by atoms with Crippen molar-refractivity contribution in [2.24, 2.45) is 4.99 Å². The zero-order valence-electron chi connectivity index (χ0n) is 16.4. The second-order valence-corrected chi connectivity index (χ2v) is 7.02. The van der Waals surface area contributed by atoms with Gasteiger partial charge in [0, 0.05) is 38.3 Å². The lowest BCUT2D eigenvalue weighted by Crippen LogP contribution is -2.45. The van der Waals surface area contributed by atoms with Crippen LogP contribution in [0.4, 0.5) is 13.2 Å². The van der Waals surface area contributed by atoms with E-state index in [-0.39, 0.29) is 30.0 Å². The van der Waals surface area contributed by atoms with Gasteiger partial charge in [-0.05, 0) is 53.6 Å². The fourth-order valence-corrected chi connectivity index (χ4v) is 2.78. The number of nitrogens with zero attached hydrogens (tertiary/aromatic N) is 3. The van der Waals surface area contributed by atoms with Crippen LogP contribution in [0, 0.1) is 0 Å². The van der Waals surface area contributed by atoms with E-state index in [0.29, 0.717) is 31.5 Å². The Morgan fingerprint density at radius 3 is 2.58 bits per heavy atom. The Hall–Kier alpha value is -0.290. The maximum atomic E-state index is 12.5. The number of nitrogens with one attached hydrogen (secondary N) is 2. The zero-order valence-corrected chi connectivity index (χ0v) is 18.7. The first kappa shape index (κ1) is 25.7. The first-order chi connectivity index (χ1) is 11.7. The molecular weight excluding hydrogens is 458 g/mol. The molecule has 1 atom stereocenters. The summed E-state index contributed by atoms with van der Waals surface area (Å²) >= 11 is 0. The van der Waals surface area contributed by atoms with Gasteiger partial charge < -0.3 is 15.5 Å². The number of hydrogen-bond acceptors (Lipinski definition) is 3. The van der Waals surface area contributed by atoms with Crippen molar-refractivity contribution in [1.82, 2.24) is 20.4 Å². The molecule has 1 fully saturated rings. The minimum atomic E-state index is -4.13. The monoisotopic (exact) mass is 493 g/mol. The van der Waals surface area contributed by atoms with Gasteiger partial charge in [-0.15, -0.1) is 24.0 Å². The van der Waals surface area contributed by atoms with Crippen LogP contribution in [0.5, 0.6) is 0 Å². The summed E-state index contributed by atoms with van der Waals surface area (Å²) < 4.78 is 37.4. The zero-order chi connectivity index (χ0) is 18.9. The second-order valence-electron chi connectivity index (χ2n) is 7.02. The van der Waals surface area contributed by atoms with Crippen LogP contribution in [0.15, 0.2) is 4.99 Å². The number of alkyl halides is 3. The quantitative estimate of drug-likeness (QED) is 0.225. The van der Waals surface area contributed by atoms with Gasteiger partial charge >= 0.3 is 6.18 Å². The Bertz CT molecular complexity index is 404. The first-order valence-electron chi connectivity index (χ1n) is 9.25. The van der Waals surface area contributed by atoms with Gasteiger partial charge in [-0.1, -0.05) is 0 Å². The molecule has 1 aliphatic rings. The Labute approximate surface area is 173 Å². The molecule has 1 aliphatic heterocycles. The average Bonchev–Trinajstić information content (AvgIpc) is 2.91. The molecule has 0 aromatic heterocycles. The summed E-state index contributed by atoms with van der Waals surface area (Å²) in [5.41, 5.74) is 0. The lowest BCUT2D eigenvalue weighted by atomic mass is 10.2. The molecule has 0 aliphatic carbocycles. The summed E-state index contributed by atoms with van der Waals surface area (Å²) in [7, 11) is 2.12. The molecule has 0 aromatic rings. The van der Waals surface area contributed by atoms with E-state index in [1.165, 1.54) is 4.90 Å². The molecule has 1 unspecified atom stereocenters. The summed E-state index contributed by atoms with van der Waals surface area (Å²) in [5.74, 6) is 0.707. The lowest BCUT2D eigenvalue weighted by Gasteiger charge is -2.21. The highest BCUT2D eigenvalue weighted by molar-refractivity contribution is 14.0. The van der Waals surface area contributed by atoms with E-state index in [4.69, 9.17) is 0 Å². The smallest absolute Gasteiger partial charge is 0.357 e. The van der Waals surface area contributed by atoms with E-state index >= 15 is 0 Å².